The van der Waals surface area contributed by atoms with Crippen molar-refractivity contribution in [2.75, 3.05) is 6.54 Å². The number of hydrogen-bond donors (Lipinski definition) is 1. The van der Waals surface area contributed by atoms with E-state index in [1.54, 1.807) is 0 Å². The first-order chi connectivity index (χ1) is 6.77. The van der Waals surface area contributed by atoms with Crippen LogP contribution in [0.25, 0.3) is 0 Å². The van der Waals surface area contributed by atoms with Crippen molar-refractivity contribution in [1.29, 1.82) is 0 Å². The highest BCUT2D eigenvalue weighted by atomic mass is 16.2. The highest BCUT2D eigenvalue weighted by molar-refractivity contribution is 5.80. The fraction of sp³-hybridized carbons (Fsp3) is 0.364. The molecular weight excluding hydrogens is 176 g/mol. The fourth-order valence-electron chi connectivity index (χ4n) is 1.67. The van der Waals surface area contributed by atoms with Gasteiger partial charge in [0.2, 0.25) is 5.91 Å². The topological polar surface area (TPSA) is 32.3 Å². The first-order valence-corrected chi connectivity index (χ1v) is 4.84. The molecule has 1 N–H and O–H groups in total. The molecule has 1 aromatic rings. The van der Waals surface area contributed by atoms with Crippen LogP contribution in [0, 0.1) is 0 Å². The summed E-state index contributed by atoms with van der Waals surface area (Å²) in [6, 6.07) is 10.1. The van der Waals surface area contributed by atoms with Gasteiger partial charge in [-0.3, -0.25) is 10.1 Å². The van der Waals surface area contributed by atoms with Gasteiger partial charge in [0.15, 0.2) is 0 Å². The minimum absolute atomic E-state index is 0.155. The van der Waals surface area contributed by atoms with Crippen molar-refractivity contribution in [2.45, 2.75) is 19.6 Å². The molecule has 1 atom stereocenters. The number of nitrogens with one attached hydrogen (secondary N) is 1. The summed E-state index contributed by atoms with van der Waals surface area (Å²) in [6.45, 7) is 3.18. The van der Waals surface area contributed by atoms with Crippen molar-refractivity contribution < 1.29 is 4.79 Å². The quantitative estimate of drug-likeness (QED) is 0.753. The molecule has 1 fully saturated rings. The molecule has 3 nitrogen and oxygen atoms in total. The minimum Gasteiger partial charge on any atom is -0.322 e. The van der Waals surface area contributed by atoms with Gasteiger partial charge >= 0.3 is 0 Å². The molecule has 0 aliphatic carbocycles. The Kier molecular flexibility index (Phi) is 2.50. The molecule has 1 heterocycles. The first-order valence-electron chi connectivity index (χ1n) is 4.84. The van der Waals surface area contributed by atoms with Gasteiger partial charge < -0.3 is 4.90 Å². The van der Waals surface area contributed by atoms with Gasteiger partial charge in [-0.25, -0.2) is 0 Å². The number of nitrogens with zero attached hydrogens (tertiary/aromatic N) is 1. The molecule has 3 heteroatoms. The summed E-state index contributed by atoms with van der Waals surface area (Å²) in [4.78, 5) is 13.3. The monoisotopic (exact) mass is 190 g/mol. The van der Waals surface area contributed by atoms with E-state index >= 15 is 0 Å². The van der Waals surface area contributed by atoms with E-state index in [2.05, 4.69) is 5.32 Å². The Labute approximate surface area is 83.7 Å². The van der Waals surface area contributed by atoms with E-state index in [0.717, 1.165) is 0 Å². The zero-order valence-corrected chi connectivity index (χ0v) is 8.23. The second kappa shape index (κ2) is 3.80. The standard InChI is InChI=1S/C11H14N2O/c1-9-12-7-11(14)13(9)8-10-5-3-2-4-6-10/h2-6,9,12H,7-8H2,1H3. The average molecular weight is 190 g/mol. The molecule has 74 valence electrons. The first kappa shape index (κ1) is 9.21. The predicted octanol–water partition coefficient (Wildman–Crippen LogP) is 0.964. The molecule has 14 heavy (non-hydrogen) atoms. The summed E-state index contributed by atoms with van der Waals surface area (Å²) in [5, 5.41) is 3.12. The Morgan fingerprint density at radius 1 is 1.43 bits per heavy atom. The van der Waals surface area contributed by atoms with Crippen LogP contribution in [0.1, 0.15) is 12.5 Å². The molecule has 1 saturated heterocycles. The number of hydrogen-bond acceptors (Lipinski definition) is 2. The molecular formula is C11H14N2O. The van der Waals surface area contributed by atoms with E-state index in [-0.39, 0.29) is 12.1 Å². The van der Waals surface area contributed by atoms with Gasteiger partial charge in [0.1, 0.15) is 0 Å². The van der Waals surface area contributed by atoms with Gasteiger partial charge in [0.05, 0.1) is 12.7 Å². The normalized spacial score (nSPS) is 21.6. The van der Waals surface area contributed by atoms with Crippen LogP contribution in [0.3, 0.4) is 0 Å². The van der Waals surface area contributed by atoms with Crippen LogP contribution in [0.2, 0.25) is 0 Å². The van der Waals surface area contributed by atoms with Crippen molar-refractivity contribution in [3.05, 3.63) is 35.9 Å². The third-order valence-electron chi connectivity index (χ3n) is 2.53. The van der Waals surface area contributed by atoms with E-state index in [1.807, 2.05) is 42.2 Å². The second-order valence-electron chi connectivity index (χ2n) is 3.56. The molecule has 0 aromatic heterocycles. The molecule has 0 bridgehead atoms. The Morgan fingerprint density at radius 2 is 2.14 bits per heavy atom. The summed E-state index contributed by atoms with van der Waals surface area (Å²) < 4.78 is 0. The molecule has 2 rings (SSSR count). The van der Waals surface area contributed by atoms with Crippen LogP contribution >= 0.6 is 0 Å². The SMILES string of the molecule is CC1NCC(=O)N1Cc1ccccc1. The van der Waals surface area contributed by atoms with E-state index in [0.29, 0.717) is 13.1 Å². The molecule has 0 spiro atoms. The number of rotatable bonds is 2. The summed E-state index contributed by atoms with van der Waals surface area (Å²) in [6.07, 6.45) is 0.155. The van der Waals surface area contributed by atoms with Crippen molar-refractivity contribution >= 4 is 5.91 Å². The van der Waals surface area contributed by atoms with Gasteiger partial charge in [-0.05, 0) is 12.5 Å². The molecule has 1 unspecified atom stereocenters. The summed E-state index contributed by atoms with van der Waals surface area (Å²) in [5.41, 5.74) is 1.18. The van der Waals surface area contributed by atoms with Crippen molar-refractivity contribution in [3.8, 4) is 0 Å². The lowest BCUT2D eigenvalue weighted by Crippen LogP contribution is -2.34. The lowest BCUT2D eigenvalue weighted by molar-refractivity contribution is -0.128. The van der Waals surface area contributed by atoms with E-state index in [9.17, 15) is 4.79 Å². The average Bonchev–Trinajstić information content (AvgIpc) is 2.51. The summed E-state index contributed by atoms with van der Waals surface area (Å²) in [7, 11) is 0. The maximum absolute atomic E-state index is 11.5. The Morgan fingerprint density at radius 3 is 2.71 bits per heavy atom. The fourth-order valence-corrected chi connectivity index (χ4v) is 1.67. The van der Waals surface area contributed by atoms with Crippen LogP contribution in [-0.2, 0) is 11.3 Å². The smallest absolute Gasteiger partial charge is 0.238 e. The van der Waals surface area contributed by atoms with Crippen LogP contribution in [0.4, 0.5) is 0 Å². The van der Waals surface area contributed by atoms with Gasteiger partial charge in [-0.2, -0.15) is 0 Å². The minimum atomic E-state index is 0.155. The zero-order chi connectivity index (χ0) is 9.97. The number of benzene rings is 1. The largest absolute Gasteiger partial charge is 0.322 e. The molecule has 1 aliphatic rings. The third kappa shape index (κ3) is 1.77. The van der Waals surface area contributed by atoms with E-state index in [4.69, 9.17) is 0 Å². The van der Waals surface area contributed by atoms with Crippen LogP contribution < -0.4 is 5.32 Å². The van der Waals surface area contributed by atoms with Crippen molar-refractivity contribution in [2.24, 2.45) is 0 Å². The van der Waals surface area contributed by atoms with Crippen molar-refractivity contribution in [1.82, 2.24) is 10.2 Å². The van der Waals surface area contributed by atoms with Crippen LogP contribution in [0.5, 0.6) is 0 Å². The maximum Gasteiger partial charge on any atom is 0.238 e. The second-order valence-corrected chi connectivity index (χ2v) is 3.56. The highest BCUT2D eigenvalue weighted by Crippen LogP contribution is 2.10. The molecule has 1 aromatic carbocycles. The summed E-state index contributed by atoms with van der Waals surface area (Å²) >= 11 is 0. The van der Waals surface area contributed by atoms with Crippen molar-refractivity contribution in [3.63, 3.8) is 0 Å². The molecule has 1 amide bonds. The third-order valence-corrected chi connectivity index (χ3v) is 2.53. The lowest BCUT2D eigenvalue weighted by atomic mass is 10.2. The summed E-state index contributed by atoms with van der Waals surface area (Å²) in [5.74, 6) is 0.182. The van der Waals surface area contributed by atoms with Gasteiger partial charge in [-0.15, -0.1) is 0 Å². The van der Waals surface area contributed by atoms with Crippen LogP contribution in [0.15, 0.2) is 30.3 Å². The maximum atomic E-state index is 11.5. The highest BCUT2D eigenvalue weighted by Gasteiger charge is 2.26. The molecule has 0 saturated carbocycles. The van der Waals surface area contributed by atoms with Gasteiger partial charge in [0, 0.05) is 6.54 Å². The molecule has 1 aliphatic heterocycles. The Hall–Kier alpha value is -1.35. The predicted molar refractivity (Wildman–Crippen MR) is 54.5 cm³/mol. The number of amides is 1. The lowest BCUT2D eigenvalue weighted by Gasteiger charge is -2.20. The number of carbonyl (C=O) groups excluding carboxylic acids is 1. The van der Waals surface area contributed by atoms with Crippen LogP contribution in [-0.4, -0.2) is 23.5 Å². The number of carbonyl (C=O) groups is 1. The zero-order valence-electron chi connectivity index (χ0n) is 8.23. The van der Waals surface area contributed by atoms with E-state index in [1.165, 1.54) is 5.56 Å². The van der Waals surface area contributed by atoms with Gasteiger partial charge in [0.25, 0.3) is 0 Å². The van der Waals surface area contributed by atoms with E-state index < -0.39 is 0 Å². The Bertz CT molecular complexity index is 323. The van der Waals surface area contributed by atoms with Gasteiger partial charge in [-0.1, -0.05) is 30.3 Å². The Balaban J connectivity index is 2.07. The molecule has 0 radical (unpaired) electrons.